The predicted molar refractivity (Wildman–Crippen MR) is 73.8 cm³/mol. The van der Waals surface area contributed by atoms with Gasteiger partial charge in [-0.05, 0) is 37.2 Å². The minimum atomic E-state index is 0.0951. The standard InChI is InChI=1S/C13H17N5O/c14-13-17-16-12(19-13)10-2-4-11(5-3-10)18-8-1-6-15-7-9-18/h2-5,15H,1,6-9H2,(H2,14,17). The van der Waals surface area contributed by atoms with Gasteiger partial charge in [0.2, 0.25) is 5.89 Å². The van der Waals surface area contributed by atoms with Crippen LogP contribution in [0.4, 0.5) is 11.7 Å². The third-order valence-corrected chi connectivity index (χ3v) is 3.26. The second kappa shape index (κ2) is 5.27. The lowest BCUT2D eigenvalue weighted by Gasteiger charge is -2.22. The van der Waals surface area contributed by atoms with Gasteiger partial charge < -0.3 is 20.4 Å². The lowest BCUT2D eigenvalue weighted by Crippen LogP contribution is -2.27. The SMILES string of the molecule is Nc1nnc(-c2ccc(N3CCCNCC3)cc2)o1. The number of hydrogen-bond acceptors (Lipinski definition) is 6. The van der Waals surface area contributed by atoms with Crippen molar-refractivity contribution in [1.82, 2.24) is 15.5 Å². The van der Waals surface area contributed by atoms with Crippen LogP contribution in [0.5, 0.6) is 0 Å². The van der Waals surface area contributed by atoms with E-state index in [0.29, 0.717) is 5.89 Å². The van der Waals surface area contributed by atoms with E-state index in [0.717, 1.165) is 31.7 Å². The Hall–Kier alpha value is -2.08. The van der Waals surface area contributed by atoms with Crippen molar-refractivity contribution in [3.8, 4) is 11.5 Å². The van der Waals surface area contributed by atoms with E-state index in [-0.39, 0.29) is 6.01 Å². The summed E-state index contributed by atoms with van der Waals surface area (Å²) in [5.41, 5.74) is 7.54. The summed E-state index contributed by atoms with van der Waals surface area (Å²) >= 11 is 0. The van der Waals surface area contributed by atoms with Crippen molar-refractivity contribution in [2.45, 2.75) is 6.42 Å². The van der Waals surface area contributed by atoms with E-state index in [2.05, 4.69) is 32.5 Å². The summed E-state index contributed by atoms with van der Waals surface area (Å²) in [4.78, 5) is 2.38. The van der Waals surface area contributed by atoms with Crippen LogP contribution in [0.2, 0.25) is 0 Å². The fourth-order valence-corrected chi connectivity index (χ4v) is 2.27. The van der Waals surface area contributed by atoms with Gasteiger partial charge in [0, 0.05) is 30.9 Å². The van der Waals surface area contributed by atoms with Gasteiger partial charge in [-0.2, -0.15) is 0 Å². The molecular formula is C13H17N5O. The molecule has 0 amide bonds. The second-order valence-corrected chi connectivity index (χ2v) is 4.58. The van der Waals surface area contributed by atoms with Crippen molar-refractivity contribution in [2.75, 3.05) is 36.8 Å². The van der Waals surface area contributed by atoms with Gasteiger partial charge >= 0.3 is 6.01 Å². The monoisotopic (exact) mass is 259 g/mol. The van der Waals surface area contributed by atoms with Gasteiger partial charge in [-0.1, -0.05) is 5.10 Å². The molecule has 1 saturated heterocycles. The number of aromatic nitrogens is 2. The quantitative estimate of drug-likeness (QED) is 0.841. The summed E-state index contributed by atoms with van der Waals surface area (Å²) in [6.45, 7) is 4.24. The lowest BCUT2D eigenvalue weighted by atomic mass is 10.2. The minimum absolute atomic E-state index is 0.0951. The number of benzene rings is 1. The first-order chi connectivity index (χ1) is 9.33. The van der Waals surface area contributed by atoms with E-state index >= 15 is 0 Å². The van der Waals surface area contributed by atoms with Crippen LogP contribution in [0.1, 0.15) is 6.42 Å². The van der Waals surface area contributed by atoms with Crippen molar-refractivity contribution in [3.05, 3.63) is 24.3 Å². The van der Waals surface area contributed by atoms with Crippen LogP contribution in [-0.2, 0) is 0 Å². The molecule has 0 aliphatic carbocycles. The van der Waals surface area contributed by atoms with E-state index in [4.69, 9.17) is 10.2 Å². The molecule has 0 saturated carbocycles. The van der Waals surface area contributed by atoms with Gasteiger partial charge in [-0.25, -0.2) is 0 Å². The Bertz CT molecular complexity index is 528. The van der Waals surface area contributed by atoms with Gasteiger partial charge in [-0.15, -0.1) is 5.10 Å². The van der Waals surface area contributed by atoms with Crippen LogP contribution < -0.4 is 16.0 Å². The molecule has 1 fully saturated rings. The van der Waals surface area contributed by atoms with Gasteiger partial charge in [0.15, 0.2) is 0 Å². The molecule has 100 valence electrons. The fraction of sp³-hybridized carbons (Fsp3) is 0.385. The maximum Gasteiger partial charge on any atom is 0.313 e. The van der Waals surface area contributed by atoms with E-state index < -0.39 is 0 Å². The van der Waals surface area contributed by atoms with E-state index in [1.54, 1.807) is 0 Å². The largest absolute Gasteiger partial charge is 0.404 e. The Morgan fingerprint density at radius 1 is 1.11 bits per heavy atom. The molecular weight excluding hydrogens is 242 g/mol. The number of rotatable bonds is 2. The summed E-state index contributed by atoms with van der Waals surface area (Å²) in [7, 11) is 0. The van der Waals surface area contributed by atoms with Gasteiger partial charge in [0.25, 0.3) is 0 Å². The normalized spacial score (nSPS) is 16.3. The second-order valence-electron chi connectivity index (χ2n) is 4.58. The molecule has 3 N–H and O–H groups in total. The Kier molecular flexibility index (Phi) is 3.33. The average Bonchev–Trinajstić information content (AvgIpc) is 2.72. The first-order valence-electron chi connectivity index (χ1n) is 6.48. The highest BCUT2D eigenvalue weighted by Gasteiger charge is 2.11. The third-order valence-electron chi connectivity index (χ3n) is 3.26. The van der Waals surface area contributed by atoms with E-state index in [9.17, 15) is 0 Å². The van der Waals surface area contributed by atoms with Crippen LogP contribution in [0.3, 0.4) is 0 Å². The zero-order chi connectivity index (χ0) is 13.1. The molecule has 2 aromatic rings. The molecule has 1 aromatic heterocycles. The Morgan fingerprint density at radius 2 is 1.95 bits per heavy atom. The van der Waals surface area contributed by atoms with Crippen molar-refractivity contribution in [1.29, 1.82) is 0 Å². The van der Waals surface area contributed by atoms with Crippen LogP contribution in [0.25, 0.3) is 11.5 Å². The first kappa shape index (κ1) is 12.0. The molecule has 19 heavy (non-hydrogen) atoms. The lowest BCUT2D eigenvalue weighted by molar-refractivity contribution is 0.590. The van der Waals surface area contributed by atoms with Crippen molar-refractivity contribution in [3.63, 3.8) is 0 Å². The maximum absolute atomic E-state index is 5.42. The Labute approximate surface area is 111 Å². The maximum atomic E-state index is 5.42. The van der Waals surface area contributed by atoms with Crippen molar-refractivity contribution < 1.29 is 4.42 Å². The number of nitrogens with one attached hydrogen (secondary N) is 1. The zero-order valence-electron chi connectivity index (χ0n) is 10.7. The van der Waals surface area contributed by atoms with Gasteiger partial charge in [0.1, 0.15) is 0 Å². The Balaban J connectivity index is 1.78. The summed E-state index contributed by atoms with van der Waals surface area (Å²) in [6, 6.07) is 8.24. The molecule has 1 aliphatic rings. The molecule has 3 rings (SSSR count). The molecule has 2 heterocycles. The molecule has 6 nitrogen and oxygen atoms in total. The molecule has 1 aromatic carbocycles. The summed E-state index contributed by atoms with van der Waals surface area (Å²) in [6.07, 6.45) is 1.17. The highest BCUT2D eigenvalue weighted by Crippen LogP contribution is 2.23. The highest BCUT2D eigenvalue weighted by molar-refractivity contribution is 5.59. The molecule has 0 unspecified atom stereocenters. The third kappa shape index (κ3) is 2.68. The summed E-state index contributed by atoms with van der Waals surface area (Å²) < 4.78 is 5.21. The number of anilines is 2. The van der Waals surface area contributed by atoms with E-state index in [1.165, 1.54) is 12.1 Å². The van der Waals surface area contributed by atoms with Crippen LogP contribution in [-0.4, -0.2) is 36.4 Å². The topological polar surface area (TPSA) is 80.2 Å². The van der Waals surface area contributed by atoms with Crippen LogP contribution in [0.15, 0.2) is 28.7 Å². The predicted octanol–water partition coefficient (Wildman–Crippen LogP) is 1.12. The number of hydrogen-bond donors (Lipinski definition) is 2. The van der Waals surface area contributed by atoms with E-state index in [1.807, 2.05) is 12.1 Å². The minimum Gasteiger partial charge on any atom is -0.404 e. The summed E-state index contributed by atoms with van der Waals surface area (Å²) in [5.74, 6) is 0.460. The average molecular weight is 259 g/mol. The Morgan fingerprint density at radius 3 is 2.68 bits per heavy atom. The molecule has 0 atom stereocenters. The van der Waals surface area contributed by atoms with Crippen molar-refractivity contribution in [2.24, 2.45) is 0 Å². The fourth-order valence-electron chi connectivity index (χ4n) is 2.27. The number of nitrogens with two attached hydrogens (primary N) is 1. The van der Waals surface area contributed by atoms with Crippen molar-refractivity contribution >= 4 is 11.7 Å². The van der Waals surface area contributed by atoms with Gasteiger partial charge in [-0.3, -0.25) is 0 Å². The zero-order valence-corrected chi connectivity index (χ0v) is 10.7. The molecule has 0 bridgehead atoms. The number of nitrogen functional groups attached to an aromatic ring is 1. The molecule has 0 radical (unpaired) electrons. The molecule has 6 heteroatoms. The number of nitrogens with zero attached hydrogens (tertiary/aromatic N) is 3. The summed E-state index contributed by atoms with van der Waals surface area (Å²) in [5, 5.41) is 10.9. The molecule has 0 spiro atoms. The first-order valence-corrected chi connectivity index (χ1v) is 6.48. The molecule has 1 aliphatic heterocycles. The van der Waals surface area contributed by atoms with Crippen LogP contribution >= 0.6 is 0 Å². The highest BCUT2D eigenvalue weighted by atomic mass is 16.4. The van der Waals surface area contributed by atoms with Gasteiger partial charge in [0.05, 0.1) is 0 Å². The smallest absolute Gasteiger partial charge is 0.313 e. The van der Waals surface area contributed by atoms with Crippen LogP contribution in [0, 0.1) is 0 Å².